The van der Waals surface area contributed by atoms with E-state index in [0.29, 0.717) is 12.5 Å². The van der Waals surface area contributed by atoms with Crippen molar-refractivity contribution in [3.63, 3.8) is 0 Å². The van der Waals surface area contributed by atoms with E-state index in [2.05, 4.69) is 18.9 Å². The van der Waals surface area contributed by atoms with Crippen LogP contribution in [0.4, 0.5) is 0 Å². The largest absolute Gasteiger partial charge is 0.468 e. The molecule has 2 heterocycles. The van der Waals surface area contributed by atoms with E-state index in [4.69, 9.17) is 14.9 Å². The van der Waals surface area contributed by atoms with Crippen LogP contribution in [0, 0.1) is 5.92 Å². The zero-order valence-corrected chi connectivity index (χ0v) is 10.7. The molecule has 2 rings (SSSR count). The predicted molar refractivity (Wildman–Crippen MR) is 66.6 cm³/mol. The molecule has 0 saturated carbocycles. The summed E-state index contributed by atoms with van der Waals surface area (Å²) in [5.41, 5.74) is 5.96. The summed E-state index contributed by atoms with van der Waals surface area (Å²) in [7, 11) is 2.10. The highest BCUT2D eigenvalue weighted by Crippen LogP contribution is 2.30. The van der Waals surface area contributed by atoms with Crippen molar-refractivity contribution in [1.29, 1.82) is 0 Å². The highest BCUT2D eigenvalue weighted by atomic mass is 16.5. The van der Waals surface area contributed by atoms with Crippen molar-refractivity contribution < 1.29 is 9.15 Å². The molecule has 4 heteroatoms. The Morgan fingerprint density at radius 2 is 2.41 bits per heavy atom. The van der Waals surface area contributed by atoms with E-state index < -0.39 is 0 Å². The normalized spacial score (nSPS) is 24.1. The molecule has 0 aliphatic carbocycles. The van der Waals surface area contributed by atoms with E-state index in [1.54, 1.807) is 6.26 Å². The number of rotatable bonds is 5. The number of furan rings is 1. The Hall–Kier alpha value is -0.840. The third-order valence-corrected chi connectivity index (χ3v) is 4.07. The Morgan fingerprint density at radius 3 is 2.94 bits per heavy atom. The van der Waals surface area contributed by atoms with Gasteiger partial charge in [0.25, 0.3) is 0 Å². The standard InChI is InChI=1S/C13H22N2O2/c1-13(10-14,11-5-7-16-9-11)15(2)8-12-4-3-6-17-12/h3-4,6,11H,5,7-10,14H2,1-2H3. The Morgan fingerprint density at radius 1 is 1.59 bits per heavy atom. The fourth-order valence-electron chi connectivity index (χ4n) is 2.48. The van der Waals surface area contributed by atoms with Crippen LogP contribution in [0.25, 0.3) is 0 Å². The van der Waals surface area contributed by atoms with Crippen LogP contribution in [0.3, 0.4) is 0 Å². The third kappa shape index (κ3) is 2.54. The summed E-state index contributed by atoms with van der Waals surface area (Å²) >= 11 is 0. The summed E-state index contributed by atoms with van der Waals surface area (Å²) in [5, 5.41) is 0. The Bertz CT molecular complexity index is 333. The molecule has 96 valence electrons. The Balaban J connectivity index is 2.05. The van der Waals surface area contributed by atoms with Crippen LogP contribution in [-0.2, 0) is 11.3 Å². The van der Waals surface area contributed by atoms with Gasteiger partial charge in [-0.2, -0.15) is 0 Å². The molecule has 1 aromatic heterocycles. The van der Waals surface area contributed by atoms with Crippen molar-refractivity contribution in [2.24, 2.45) is 11.7 Å². The highest BCUT2D eigenvalue weighted by Gasteiger charge is 2.39. The molecule has 1 fully saturated rings. The molecule has 0 spiro atoms. The van der Waals surface area contributed by atoms with E-state index in [9.17, 15) is 0 Å². The van der Waals surface area contributed by atoms with Crippen molar-refractivity contribution in [1.82, 2.24) is 4.90 Å². The topological polar surface area (TPSA) is 51.6 Å². The molecule has 0 amide bonds. The van der Waals surface area contributed by atoms with E-state index in [1.807, 2.05) is 12.1 Å². The molecule has 4 nitrogen and oxygen atoms in total. The van der Waals surface area contributed by atoms with Gasteiger partial charge in [0.1, 0.15) is 5.76 Å². The lowest BCUT2D eigenvalue weighted by atomic mass is 9.83. The minimum Gasteiger partial charge on any atom is -0.468 e. The van der Waals surface area contributed by atoms with Gasteiger partial charge >= 0.3 is 0 Å². The van der Waals surface area contributed by atoms with Gasteiger partial charge in [0.15, 0.2) is 0 Å². The average molecular weight is 238 g/mol. The molecule has 0 bridgehead atoms. The first kappa shape index (κ1) is 12.6. The van der Waals surface area contributed by atoms with Crippen LogP contribution >= 0.6 is 0 Å². The number of ether oxygens (including phenoxy) is 1. The van der Waals surface area contributed by atoms with Crippen molar-refractivity contribution in [2.75, 3.05) is 26.8 Å². The molecule has 2 N–H and O–H groups in total. The molecular formula is C13H22N2O2. The highest BCUT2D eigenvalue weighted by molar-refractivity contribution is 5.01. The van der Waals surface area contributed by atoms with Gasteiger partial charge in [0.2, 0.25) is 0 Å². The van der Waals surface area contributed by atoms with Gasteiger partial charge in [-0.25, -0.2) is 0 Å². The van der Waals surface area contributed by atoms with Gasteiger partial charge in [-0.05, 0) is 32.5 Å². The maximum absolute atomic E-state index is 5.99. The average Bonchev–Trinajstić information content (AvgIpc) is 3.00. The lowest BCUT2D eigenvalue weighted by Crippen LogP contribution is -2.54. The quantitative estimate of drug-likeness (QED) is 0.844. The fraction of sp³-hybridized carbons (Fsp3) is 0.692. The number of likely N-dealkylation sites (N-methyl/N-ethyl adjacent to an activating group) is 1. The summed E-state index contributed by atoms with van der Waals surface area (Å²) in [6.07, 6.45) is 2.80. The molecule has 17 heavy (non-hydrogen) atoms. The first-order valence-corrected chi connectivity index (χ1v) is 6.18. The lowest BCUT2D eigenvalue weighted by molar-refractivity contribution is 0.0560. The second-order valence-electron chi connectivity index (χ2n) is 5.06. The van der Waals surface area contributed by atoms with Crippen molar-refractivity contribution in [2.45, 2.75) is 25.4 Å². The van der Waals surface area contributed by atoms with Crippen LogP contribution in [0.1, 0.15) is 19.1 Å². The van der Waals surface area contributed by atoms with Gasteiger partial charge in [-0.15, -0.1) is 0 Å². The summed E-state index contributed by atoms with van der Waals surface area (Å²) in [6, 6.07) is 3.92. The summed E-state index contributed by atoms with van der Waals surface area (Å²) in [5.74, 6) is 1.48. The molecule has 2 atom stereocenters. The minimum absolute atomic E-state index is 0.0245. The zero-order chi connectivity index (χ0) is 12.3. The monoisotopic (exact) mass is 238 g/mol. The maximum Gasteiger partial charge on any atom is 0.117 e. The Kier molecular flexibility index (Phi) is 3.86. The summed E-state index contributed by atoms with van der Waals surface area (Å²) in [6.45, 7) is 5.32. The minimum atomic E-state index is -0.0245. The van der Waals surface area contributed by atoms with Crippen LogP contribution in [0.2, 0.25) is 0 Å². The lowest BCUT2D eigenvalue weighted by Gasteiger charge is -2.42. The summed E-state index contributed by atoms with van der Waals surface area (Å²) in [4.78, 5) is 2.28. The first-order chi connectivity index (χ1) is 8.16. The van der Waals surface area contributed by atoms with Crippen molar-refractivity contribution in [3.05, 3.63) is 24.2 Å². The van der Waals surface area contributed by atoms with Crippen LogP contribution in [0.5, 0.6) is 0 Å². The molecule has 1 aromatic rings. The molecular weight excluding hydrogens is 216 g/mol. The van der Waals surface area contributed by atoms with Crippen molar-refractivity contribution >= 4 is 0 Å². The predicted octanol–water partition coefficient (Wildman–Crippen LogP) is 1.47. The molecule has 0 radical (unpaired) electrons. The van der Waals surface area contributed by atoms with Gasteiger partial charge in [0.05, 0.1) is 19.4 Å². The number of hydrogen-bond donors (Lipinski definition) is 1. The van der Waals surface area contributed by atoms with Crippen molar-refractivity contribution in [3.8, 4) is 0 Å². The second kappa shape index (κ2) is 5.21. The van der Waals surface area contributed by atoms with Crippen LogP contribution in [-0.4, -0.2) is 37.2 Å². The number of hydrogen-bond acceptors (Lipinski definition) is 4. The fourth-order valence-corrected chi connectivity index (χ4v) is 2.48. The molecule has 0 aromatic carbocycles. The van der Waals surface area contributed by atoms with E-state index in [0.717, 1.165) is 31.9 Å². The Labute approximate surface area is 103 Å². The molecule has 2 unspecified atom stereocenters. The SMILES string of the molecule is CN(Cc1ccco1)C(C)(CN)C1CCOC1. The smallest absolute Gasteiger partial charge is 0.117 e. The van der Waals surface area contributed by atoms with Gasteiger partial charge in [-0.3, -0.25) is 4.90 Å². The second-order valence-corrected chi connectivity index (χ2v) is 5.06. The molecule has 1 aliphatic heterocycles. The van der Waals surface area contributed by atoms with Gasteiger partial charge < -0.3 is 14.9 Å². The number of nitrogens with zero attached hydrogens (tertiary/aromatic N) is 1. The van der Waals surface area contributed by atoms with E-state index in [1.165, 1.54) is 0 Å². The van der Waals surface area contributed by atoms with E-state index in [-0.39, 0.29) is 5.54 Å². The van der Waals surface area contributed by atoms with E-state index >= 15 is 0 Å². The van der Waals surface area contributed by atoms with Gasteiger partial charge in [0, 0.05) is 24.6 Å². The molecule has 1 saturated heterocycles. The zero-order valence-electron chi connectivity index (χ0n) is 10.7. The van der Waals surface area contributed by atoms with Gasteiger partial charge in [-0.1, -0.05) is 0 Å². The summed E-state index contributed by atoms with van der Waals surface area (Å²) < 4.78 is 10.9. The van der Waals surface area contributed by atoms with Crippen LogP contribution < -0.4 is 5.73 Å². The molecule has 1 aliphatic rings. The number of nitrogens with two attached hydrogens (primary N) is 1. The van der Waals surface area contributed by atoms with Crippen LogP contribution in [0.15, 0.2) is 22.8 Å². The maximum atomic E-state index is 5.99. The third-order valence-electron chi connectivity index (χ3n) is 4.07. The first-order valence-electron chi connectivity index (χ1n) is 6.18.